The Hall–Kier alpha value is -3.28. The summed E-state index contributed by atoms with van der Waals surface area (Å²) in [6.45, 7) is 2.02. The van der Waals surface area contributed by atoms with Gasteiger partial charge >= 0.3 is 0 Å². The van der Waals surface area contributed by atoms with Gasteiger partial charge in [-0.1, -0.05) is 0 Å². The summed E-state index contributed by atoms with van der Waals surface area (Å²) in [6, 6.07) is 8.14. The monoisotopic (exact) mass is 341 g/mol. The standard InChI is InChI=1S/C20H17N6/c1-2-7-26(6-1)16-8-15(11-22-12-16)20-17-9-18(14-4-3-5-21-10-14)23-13-19(17)24-25-20/h1,3-5,8-13H,2,6-7H2,(H,24,25). The molecule has 0 aliphatic carbocycles. The molecule has 6 heteroatoms. The van der Waals surface area contributed by atoms with Crippen molar-refractivity contribution in [3.63, 3.8) is 0 Å². The number of pyridine rings is 3. The van der Waals surface area contributed by atoms with Gasteiger partial charge in [0.05, 0.1) is 29.3 Å². The highest BCUT2D eigenvalue weighted by Crippen LogP contribution is 2.31. The minimum Gasteiger partial charge on any atom is -0.370 e. The van der Waals surface area contributed by atoms with E-state index in [4.69, 9.17) is 0 Å². The zero-order chi connectivity index (χ0) is 17.3. The lowest BCUT2D eigenvalue weighted by molar-refractivity contribution is 0.961. The summed E-state index contributed by atoms with van der Waals surface area (Å²) < 4.78 is 0. The van der Waals surface area contributed by atoms with Crippen LogP contribution >= 0.6 is 0 Å². The molecule has 0 unspecified atom stereocenters. The predicted molar refractivity (Wildman–Crippen MR) is 101 cm³/mol. The topological polar surface area (TPSA) is 70.6 Å². The van der Waals surface area contributed by atoms with E-state index in [-0.39, 0.29) is 0 Å². The van der Waals surface area contributed by atoms with Gasteiger partial charge in [-0.3, -0.25) is 20.1 Å². The van der Waals surface area contributed by atoms with E-state index >= 15 is 0 Å². The van der Waals surface area contributed by atoms with Crippen LogP contribution in [0.25, 0.3) is 33.4 Å². The fourth-order valence-electron chi connectivity index (χ4n) is 3.36. The Kier molecular flexibility index (Phi) is 3.59. The highest BCUT2D eigenvalue weighted by atomic mass is 15.2. The molecule has 4 aromatic rings. The lowest BCUT2D eigenvalue weighted by Crippen LogP contribution is -2.17. The summed E-state index contributed by atoms with van der Waals surface area (Å²) in [7, 11) is 0. The third-order valence-electron chi connectivity index (χ3n) is 4.72. The minimum atomic E-state index is 0.881. The highest BCUT2D eigenvalue weighted by molar-refractivity contribution is 5.94. The number of nitrogens with one attached hydrogen (secondary N) is 1. The number of hydrogen-bond acceptors (Lipinski definition) is 5. The van der Waals surface area contributed by atoms with E-state index in [1.54, 1.807) is 6.20 Å². The average Bonchev–Trinajstić information content (AvgIpc) is 3.38. The van der Waals surface area contributed by atoms with Crippen LogP contribution in [0, 0.1) is 6.42 Å². The number of fused-ring (bicyclic) bond motifs is 1. The van der Waals surface area contributed by atoms with Gasteiger partial charge in [0.1, 0.15) is 5.69 Å². The molecule has 26 heavy (non-hydrogen) atoms. The Bertz CT molecular complexity index is 1050. The van der Waals surface area contributed by atoms with Gasteiger partial charge in [0.15, 0.2) is 0 Å². The molecule has 1 aliphatic heterocycles. The van der Waals surface area contributed by atoms with Crippen LogP contribution in [0.4, 0.5) is 5.69 Å². The molecule has 0 saturated carbocycles. The Morgan fingerprint density at radius 2 is 1.96 bits per heavy atom. The first-order valence-corrected chi connectivity index (χ1v) is 8.65. The van der Waals surface area contributed by atoms with Crippen molar-refractivity contribution in [1.82, 2.24) is 25.1 Å². The first-order valence-electron chi connectivity index (χ1n) is 8.65. The molecule has 1 saturated heterocycles. The summed E-state index contributed by atoms with van der Waals surface area (Å²) in [5.74, 6) is 0. The number of hydrogen-bond donors (Lipinski definition) is 1. The second-order valence-corrected chi connectivity index (χ2v) is 6.38. The summed E-state index contributed by atoms with van der Waals surface area (Å²) in [4.78, 5) is 15.5. The smallest absolute Gasteiger partial charge is 0.102 e. The zero-order valence-electron chi connectivity index (χ0n) is 14.1. The van der Waals surface area contributed by atoms with Crippen molar-refractivity contribution in [3.8, 4) is 22.5 Å². The van der Waals surface area contributed by atoms with Gasteiger partial charge in [0.25, 0.3) is 0 Å². The molecule has 0 amide bonds. The molecule has 0 aromatic carbocycles. The maximum atomic E-state index is 4.53. The van der Waals surface area contributed by atoms with E-state index in [2.05, 4.69) is 48.6 Å². The van der Waals surface area contributed by atoms with Crippen LogP contribution in [-0.2, 0) is 0 Å². The van der Waals surface area contributed by atoms with Crippen LogP contribution in [0.15, 0.2) is 55.2 Å². The molecule has 0 bridgehead atoms. The number of aromatic nitrogens is 5. The van der Waals surface area contributed by atoms with Gasteiger partial charge in [-0.05, 0) is 37.1 Å². The molecule has 5 heterocycles. The Morgan fingerprint density at radius 3 is 2.81 bits per heavy atom. The van der Waals surface area contributed by atoms with Crippen LogP contribution < -0.4 is 4.90 Å². The molecule has 1 N–H and O–H groups in total. The second-order valence-electron chi connectivity index (χ2n) is 6.38. The number of anilines is 1. The van der Waals surface area contributed by atoms with Gasteiger partial charge in [-0.25, -0.2) is 0 Å². The van der Waals surface area contributed by atoms with Crippen molar-refractivity contribution in [2.45, 2.75) is 6.42 Å². The summed E-state index contributed by atoms with van der Waals surface area (Å²) >= 11 is 0. The zero-order valence-corrected chi connectivity index (χ0v) is 14.1. The van der Waals surface area contributed by atoms with E-state index in [9.17, 15) is 0 Å². The first kappa shape index (κ1) is 15.0. The molecule has 1 fully saturated rings. The lowest BCUT2D eigenvalue weighted by atomic mass is 10.1. The second kappa shape index (κ2) is 6.22. The maximum Gasteiger partial charge on any atom is 0.102 e. The summed E-state index contributed by atoms with van der Waals surface area (Å²) in [5.41, 5.74) is 5.81. The van der Waals surface area contributed by atoms with Crippen LogP contribution in [0.5, 0.6) is 0 Å². The van der Waals surface area contributed by atoms with Gasteiger partial charge < -0.3 is 4.90 Å². The number of aromatic amines is 1. The van der Waals surface area contributed by atoms with Gasteiger partial charge in [-0.2, -0.15) is 5.10 Å². The Labute approximate surface area is 150 Å². The SMILES string of the molecule is [CH]1CCN(c2cncc(-c3n[nH]c4cnc(-c5cccnc5)cc34)c2)C1. The molecule has 6 nitrogen and oxygen atoms in total. The third-order valence-corrected chi connectivity index (χ3v) is 4.72. The van der Waals surface area contributed by atoms with Crippen LogP contribution in [0.3, 0.4) is 0 Å². The van der Waals surface area contributed by atoms with E-state index in [0.29, 0.717) is 0 Å². The average molecular weight is 341 g/mol. The first-order chi connectivity index (χ1) is 12.9. The van der Waals surface area contributed by atoms with Crippen molar-refractivity contribution < 1.29 is 0 Å². The fourth-order valence-corrected chi connectivity index (χ4v) is 3.36. The van der Waals surface area contributed by atoms with E-state index in [1.165, 1.54) is 0 Å². The molecular formula is C20H17N6. The highest BCUT2D eigenvalue weighted by Gasteiger charge is 2.16. The molecule has 1 radical (unpaired) electrons. The Balaban J connectivity index is 1.60. The quantitative estimate of drug-likeness (QED) is 0.617. The molecule has 0 spiro atoms. The van der Waals surface area contributed by atoms with E-state index in [0.717, 1.165) is 58.6 Å². The number of rotatable bonds is 3. The van der Waals surface area contributed by atoms with Crippen LogP contribution in [0.2, 0.25) is 0 Å². The van der Waals surface area contributed by atoms with Crippen molar-refractivity contribution in [1.29, 1.82) is 0 Å². The van der Waals surface area contributed by atoms with Crippen LogP contribution in [0.1, 0.15) is 6.42 Å². The molecule has 1 aliphatic rings. The fraction of sp³-hybridized carbons (Fsp3) is 0.150. The number of nitrogens with zero attached hydrogens (tertiary/aromatic N) is 5. The Morgan fingerprint density at radius 1 is 1.00 bits per heavy atom. The normalized spacial score (nSPS) is 14.2. The van der Waals surface area contributed by atoms with Crippen molar-refractivity contribution in [2.75, 3.05) is 18.0 Å². The van der Waals surface area contributed by atoms with Gasteiger partial charge in [0, 0.05) is 48.2 Å². The molecule has 127 valence electrons. The molecule has 0 atom stereocenters. The van der Waals surface area contributed by atoms with Gasteiger partial charge in [0.2, 0.25) is 0 Å². The minimum absolute atomic E-state index is 0.881. The van der Waals surface area contributed by atoms with Crippen molar-refractivity contribution in [2.24, 2.45) is 0 Å². The maximum absolute atomic E-state index is 4.53. The molecule has 5 rings (SSSR count). The van der Waals surface area contributed by atoms with Crippen LogP contribution in [-0.4, -0.2) is 38.2 Å². The lowest BCUT2D eigenvalue weighted by Gasteiger charge is -2.17. The van der Waals surface area contributed by atoms with Gasteiger partial charge in [-0.15, -0.1) is 0 Å². The summed E-state index contributed by atoms with van der Waals surface area (Å²) in [6.07, 6.45) is 12.6. The van der Waals surface area contributed by atoms with E-state index < -0.39 is 0 Å². The third kappa shape index (κ3) is 2.60. The predicted octanol–water partition coefficient (Wildman–Crippen LogP) is 3.50. The molecule has 4 aromatic heterocycles. The van der Waals surface area contributed by atoms with E-state index in [1.807, 2.05) is 36.9 Å². The van der Waals surface area contributed by atoms with Crippen molar-refractivity contribution in [3.05, 3.63) is 61.7 Å². The largest absolute Gasteiger partial charge is 0.370 e. The number of H-pyrrole nitrogens is 1. The van der Waals surface area contributed by atoms with Crippen molar-refractivity contribution >= 4 is 16.6 Å². The summed E-state index contributed by atoms with van der Waals surface area (Å²) in [5, 5.41) is 8.63. The molecular weight excluding hydrogens is 324 g/mol.